The molecule has 13 heavy (non-hydrogen) atoms. The van der Waals surface area contributed by atoms with Gasteiger partial charge in [0.05, 0.1) is 5.75 Å². The van der Waals surface area contributed by atoms with E-state index in [-0.39, 0.29) is 28.2 Å². The van der Waals surface area contributed by atoms with Crippen LogP contribution in [0.25, 0.3) is 0 Å². The molecule has 1 heterocycles. The van der Waals surface area contributed by atoms with E-state index in [0.717, 1.165) is 0 Å². The third kappa shape index (κ3) is 2.51. The summed E-state index contributed by atoms with van der Waals surface area (Å²) in [4.78, 5) is 7.20. The van der Waals surface area contributed by atoms with Crippen molar-refractivity contribution in [3.05, 3.63) is 10.7 Å². The Morgan fingerprint density at radius 1 is 1.46 bits per heavy atom. The van der Waals surface area contributed by atoms with Gasteiger partial charge in [0.25, 0.3) is 0 Å². The predicted octanol–water partition coefficient (Wildman–Crippen LogP) is 0.0161. The lowest BCUT2D eigenvalue weighted by molar-refractivity contribution is 0.563. The number of hydrogen-bond donors (Lipinski definition) is 3. The topological polar surface area (TPSA) is 115 Å². The summed E-state index contributed by atoms with van der Waals surface area (Å²) in [7, 11) is 0. The summed E-state index contributed by atoms with van der Waals surface area (Å²) in [5.41, 5.74) is 10.9. The van der Waals surface area contributed by atoms with Gasteiger partial charge in [0.15, 0.2) is 11.1 Å². The van der Waals surface area contributed by atoms with Crippen LogP contribution in [0, 0.1) is 0 Å². The first-order valence-electron chi connectivity index (χ1n) is 3.15. The van der Waals surface area contributed by atoms with E-state index in [4.69, 9.17) is 27.6 Å². The van der Waals surface area contributed by atoms with E-state index in [9.17, 15) is 4.21 Å². The van der Waals surface area contributed by atoms with Crippen LogP contribution in [0.1, 0.15) is 5.56 Å². The molecule has 0 aliphatic rings. The quantitative estimate of drug-likeness (QED) is 0.480. The predicted molar refractivity (Wildman–Crippen MR) is 50.3 cm³/mol. The maximum absolute atomic E-state index is 10.5. The Kier molecular flexibility index (Phi) is 3.02. The van der Waals surface area contributed by atoms with Crippen molar-refractivity contribution in [2.75, 3.05) is 11.5 Å². The smallest absolute Gasteiger partial charge is 0.223 e. The molecule has 0 radical (unpaired) electrons. The molecule has 0 aliphatic heterocycles. The molecule has 0 spiro atoms. The Labute approximate surface area is 81.6 Å². The van der Waals surface area contributed by atoms with Crippen LogP contribution in [-0.2, 0) is 16.8 Å². The maximum Gasteiger partial charge on any atom is 0.223 e. The van der Waals surface area contributed by atoms with E-state index in [1.807, 2.05) is 0 Å². The zero-order valence-electron chi connectivity index (χ0n) is 6.40. The molecule has 1 unspecified atom stereocenters. The summed E-state index contributed by atoms with van der Waals surface area (Å²) >= 11 is 3.59. The van der Waals surface area contributed by atoms with E-state index in [1.54, 1.807) is 0 Å². The molecule has 1 rings (SSSR count). The van der Waals surface area contributed by atoms with Gasteiger partial charge >= 0.3 is 0 Å². The van der Waals surface area contributed by atoms with Crippen LogP contribution < -0.4 is 11.5 Å². The summed E-state index contributed by atoms with van der Waals surface area (Å²) in [6.45, 7) is 0. The number of anilines is 2. The summed E-state index contributed by atoms with van der Waals surface area (Å²) in [5.74, 6) is -0.236. The SMILES string of the molecule is Nc1nc(N)c(CS(=O)O)c(Cl)n1. The molecule has 0 fully saturated rings. The van der Waals surface area contributed by atoms with Crippen molar-refractivity contribution < 1.29 is 8.76 Å². The van der Waals surface area contributed by atoms with Gasteiger partial charge in [-0.05, 0) is 0 Å². The molecule has 0 bridgehead atoms. The van der Waals surface area contributed by atoms with Crippen LogP contribution in [0.5, 0.6) is 0 Å². The molecule has 1 atom stereocenters. The highest BCUT2D eigenvalue weighted by Gasteiger charge is 2.11. The van der Waals surface area contributed by atoms with E-state index >= 15 is 0 Å². The van der Waals surface area contributed by atoms with E-state index in [2.05, 4.69) is 9.97 Å². The van der Waals surface area contributed by atoms with Crippen molar-refractivity contribution in [3.63, 3.8) is 0 Å². The number of nitrogens with zero attached hydrogens (tertiary/aromatic N) is 2. The maximum atomic E-state index is 10.5. The largest absolute Gasteiger partial charge is 0.383 e. The molecule has 5 N–H and O–H groups in total. The summed E-state index contributed by atoms with van der Waals surface area (Å²) < 4.78 is 19.1. The lowest BCUT2D eigenvalue weighted by Gasteiger charge is -2.04. The first kappa shape index (κ1) is 10.2. The highest BCUT2D eigenvalue weighted by molar-refractivity contribution is 7.78. The minimum atomic E-state index is -2.03. The van der Waals surface area contributed by atoms with Crippen LogP contribution in [0.3, 0.4) is 0 Å². The molecule has 6 nitrogen and oxygen atoms in total. The summed E-state index contributed by atoms with van der Waals surface area (Å²) in [5, 5.41) is 0.00685. The summed E-state index contributed by atoms with van der Waals surface area (Å²) in [6, 6.07) is 0. The average Bonchev–Trinajstić information content (AvgIpc) is 1.96. The van der Waals surface area contributed by atoms with Gasteiger partial charge in [-0.1, -0.05) is 11.6 Å². The molecule has 1 aromatic heterocycles. The van der Waals surface area contributed by atoms with Crippen molar-refractivity contribution in [2.45, 2.75) is 5.75 Å². The van der Waals surface area contributed by atoms with Crippen molar-refractivity contribution in [1.29, 1.82) is 0 Å². The Morgan fingerprint density at radius 3 is 2.54 bits per heavy atom. The minimum absolute atomic E-state index is 0.00685. The zero-order chi connectivity index (χ0) is 10.0. The Hall–Kier alpha value is -0.920. The fraction of sp³-hybridized carbons (Fsp3) is 0.200. The number of hydrogen-bond acceptors (Lipinski definition) is 5. The fourth-order valence-electron chi connectivity index (χ4n) is 0.747. The molecule has 8 heteroatoms. The number of nitrogen functional groups attached to an aromatic ring is 2. The van der Waals surface area contributed by atoms with Crippen molar-refractivity contribution in [1.82, 2.24) is 9.97 Å². The number of rotatable bonds is 2. The molecular weight excluding hydrogens is 216 g/mol. The molecule has 0 saturated heterocycles. The fourth-order valence-corrected chi connectivity index (χ4v) is 1.61. The van der Waals surface area contributed by atoms with Gasteiger partial charge < -0.3 is 16.0 Å². The van der Waals surface area contributed by atoms with Gasteiger partial charge in [-0.3, -0.25) is 0 Å². The van der Waals surface area contributed by atoms with Gasteiger partial charge in [-0.2, -0.15) is 4.98 Å². The highest BCUT2D eigenvalue weighted by atomic mass is 35.5. The second-order valence-electron chi connectivity index (χ2n) is 2.20. The minimum Gasteiger partial charge on any atom is -0.383 e. The van der Waals surface area contributed by atoms with E-state index in [0.29, 0.717) is 0 Å². The second-order valence-corrected chi connectivity index (χ2v) is 3.49. The molecule has 0 aromatic carbocycles. The third-order valence-corrected chi connectivity index (χ3v) is 2.12. The molecule has 0 saturated carbocycles. The van der Waals surface area contributed by atoms with Crippen LogP contribution in [0.15, 0.2) is 0 Å². The van der Waals surface area contributed by atoms with Gasteiger partial charge in [0, 0.05) is 5.56 Å². The summed E-state index contributed by atoms with van der Waals surface area (Å²) in [6.07, 6.45) is 0. The van der Waals surface area contributed by atoms with Crippen LogP contribution in [0.4, 0.5) is 11.8 Å². The number of nitrogens with two attached hydrogens (primary N) is 2. The number of halogens is 1. The molecule has 72 valence electrons. The first-order valence-corrected chi connectivity index (χ1v) is 4.81. The lowest BCUT2D eigenvalue weighted by Crippen LogP contribution is -2.06. The van der Waals surface area contributed by atoms with Gasteiger partial charge in [0.1, 0.15) is 11.0 Å². The van der Waals surface area contributed by atoms with Gasteiger partial charge in [-0.25, -0.2) is 9.19 Å². The van der Waals surface area contributed by atoms with E-state index < -0.39 is 11.1 Å². The molecular formula is C5H7ClN4O2S. The van der Waals surface area contributed by atoms with Crippen molar-refractivity contribution >= 4 is 34.4 Å². The van der Waals surface area contributed by atoms with E-state index in [1.165, 1.54) is 0 Å². The Bertz CT molecular complexity index is 335. The Morgan fingerprint density at radius 2 is 2.08 bits per heavy atom. The molecule has 0 amide bonds. The standard InChI is InChI=1S/C5H7ClN4O2S/c6-3-2(1-13(11)12)4(7)10-5(8)9-3/h1H2,(H,11,12)(H4,7,8,9,10). The first-order chi connectivity index (χ1) is 6.00. The zero-order valence-corrected chi connectivity index (χ0v) is 7.97. The number of aromatic nitrogens is 2. The molecule has 0 aliphatic carbocycles. The van der Waals surface area contributed by atoms with Crippen LogP contribution in [-0.4, -0.2) is 18.7 Å². The second kappa shape index (κ2) is 3.86. The Balaban J connectivity index is 3.13. The lowest BCUT2D eigenvalue weighted by atomic mass is 10.3. The van der Waals surface area contributed by atoms with Gasteiger partial charge in [-0.15, -0.1) is 0 Å². The normalized spacial score (nSPS) is 12.8. The third-order valence-electron chi connectivity index (χ3n) is 1.27. The molecule has 1 aromatic rings. The monoisotopic (exact) mass is 222 g/mol. The van der Waals surface area contributed by atoms with Crippen LogP contribution >= 0.6 is 11.6 Å². The van der Waals surface area contributed by atoms with Crippen molar-refractivity contribution in [2.24, 2.45) is 0 Å². The van der Waals surface area contributed by atoms with Gasteiger partial charge in [0.2, 0.25) is 5.95 Å². The average molecular weight is 223 g/mol. The van der Waals surface area contributed by atoms with Crippen molar-refractivity contribution in [3.8, 4) is 0 Å². The van der Waals surface area contributed by atoms with Crippen LogP contribution in [0.2, 0.25) is 5.15 Å². The highest BCUT2D eigenvalue weighted by Crippen LogP contribution is 2.20.